The number of carbonyl (C=O) groups excluding carboxylic acids is 2. The molecule has 0 saturated carbocycles. The molecule has 0 aliphatic carbocycles. The molecule has 18 heavy (non-hydrogen) atoms. The standard InChI is InChI=1S/C14H14O4/c1-2-3-8-17-13(15)9-12-14(16)10-6-4-5-7-11(10)18-12/h4-7,9H,2-3,8H2,1H3. The average Bonchev–Trinajstić information content (AvgIpc) is 2.67. The maximum atomic E-state index is 11.9. The van der Waals surface area contributed by atoms with Gasteiger partial charge in [-0.05, 0) is 18.6 Å². The van der Waals surface area contributed by atoms with Crippen molar-refractivity contribution in [3.05, 3.63) is 41.7 Å². The molecule has 0 N–H and O–H groups in total. The molecule has 0 spiro atoms. The fraction of sp³-hybridized carbons (Fsp3) is 0.286. The van der Waals surface area contributed by atoms with Gasteiger partial charge < -0.3 is 9.47 Å². The first-order valence-corrected chi connectivity index (χ1v) is 5.92. The fourth-order valence-electron chi connectivity index (χ4n) is 1.60. The van der Waals surface area contributed by atoms with Gasteiger partial charge in [-0.15, -0.1) is 0 Å². The summed E-state index contributed by atoms with van der Waals surface area (Å²) < 4.78 is 10.3. The van der Waals surface area contributed by atoms with Crippen molar-refractivity contribution >= 4 is 11.8 Å². The lowest BCUT2D eigenvalue weighted by atomic mass is 10.1. The number of esters is 1. The molecule has 0 amide bonds. The first-order chi connectivity index (χ1) is 8.72. The summed E-state index contributed by atoms with van der Waals surface area (Å²) >= 11 is 0. The first-order valence-electron chi connectivity index (χ1n) is 5.92. The summed E-state index contributed by atoms with van der Waals surface area (Å²) in [5, 5.41) is 0. The number of allylic oxidation sites excluding steroid dienone is 1. The lowest BCUT2D eigenvalue weighted by molar-refractivity contribution is -0.138. The lowest BCUT2D eigenvalue weighted by Gasteiger charge is -2.00. The Labute approximate surface area is 105 Å². The summed E-state index contributed by atoms with van der Waals surface area (Å²) in [7, 11) is 0. The molecule has 1 aromatic carbocycles. The molecular weight excluding hydrogens is 232 g/mol. The van der Waals surface area contributed by atoms with Crippen LogP contribution in [0.15, 0.2) is 36.1 Å². The third kappa shape index (κ3) is 2.59. The van der Waals surface area contributed by atoms with Gasteiger partial charge in [-0.1, -0.05) is 25.5 Å². The van der Waals surface area contributed by atoms with Crippen LogP contribution in [0.25, 0.3) is 0 Å². The van der Waals surface area contributed by atoms with Crippen molar-refractivity contribution < 1.29 is 19.1 Å². The zero-order chi connectivity index (χ0) is 13.0. The zero-order valence-electron chi connectivity index (χ0n) is 10.1. The van der Waals surface area contributed by atoms with Gasteiger partial charge in [-0.25, -0.2) is 4.79 Å². The second-order valence-corrected chi connectivity index (χ2v) is 3.96. The van der Waals surface area contributed by atoms with E-state index in [0.29, 0.717) is 17.9 Å². The molecular formula is C14H14O4. The number of hydrogen-bond acceptors (Lipinski definition) is 4. The van der Waals surface area contributed by atoms with Crippen LogP contribution in [-0.4, -0.2) is 18.4 Å². The topological polar surface area (TPSA) is 52.6 Å². The largest absolute Gasteiger partial charge is 0.462 e. The van der Waals surface area contributed by atoms with Crippen LogP contribution in [0.1, 0.15) is 30.1 Å². The minimum atomic E-state index is -0.542. The number of Topliss-reactive ketones (excluding diaryl/α,β-unsaturated/α-hetero) is 1. The maximum absolute atomic E-state index is 11.9. The Hall–Kier alpha value is -2.10. The first kappa shape index (κ1) is 12.4. The van der Waals surface area contributed by atoms with Gasteiger partial charge in [0.25, 0.3) is 0 Å². The highest BCUT2D eigenvalue weighted by Crippen LogP contribution is 2.30. The molecule has 1 aromatic rings. The molecule has 4 nitrogen and oxygen atoms in total. The molecule has 0 unspecified atom stereocenters. The van der Waals surface area contributed by atoms with Gasteiger partial charge >= 0.3 is 5.97 Å². The normalized spacial score (nSPS) is 15.4. The van der Waals surface area contributed by atoms with Crippen LogP contribution in [0.5, 0.6) is 5.75 Å². The van der Waals surface area contributed by atoms with E-state index in [0.717, 1.165) is 18.9 Å². The molecule has 1 heterocycles. The van der Waals surface area contributed by atoms with E-state index in [4.69, 9.17) is 9.47 Å². The van der Waals surface area contributed by atoms with E-state index < -0.39 is 5.97 Å². The number of fused-ring (bicyclic) bond motifs is 1. The fourth-order valence-corrected chi connectivity index (χ4v) is 1.60. The summed E-state index contributed by atoms with van der Waals surface area (Å²) in [4.78, 5) is 23.3. The second kappa shape index (κ2) is 5.49. The molecule has 2 rings (SSSR count). The highest BCUT2D eigenvalue weighted by Gasteiger charge is 2.27. The molecule has 1 aliphatic rings. The smallest absolute Gasteiger partial charge is 0.334 e. The summed E-state index contributed by atoms with van der Waals surface area (Å²) in [6, 6.07) is 6.88. The number of hydrogen-bond donors (Lipinski definition) is 0. The van der Waals surface area contributed by atoms with Gasteiger partial charge in [0.1, 0.15) is 5.75 Å². The van der Waals surface area contributed by atoms with Crippen LogP contribution in [0.4, 0.5) is 0 Å². The van der Waals surface area contributed by atoms with Crippen molar-refractivity contribution in [1.29, 1.82) is 0 Å². The van der Waals surface area contributed by atoms with Crippen LogP contribution in [0, 0.1) is 0 Å². The maximum Gasteiger partial charge on any atom is 0.334 e. The van der Waals surface area contributed by atoms with Crippen molar-refractivity contribution in [2.75, 3.05) is 6.61 Å². The minimum absolute atomic E-state index is 0.0256. The Morgan fingerprint density at radius 2 is 2.17 bits per heavy atom. The minimum Gasteiger partial charge on any atom is -0.462 e. The Morgan fingerprint density at radius 1 is 1.39 bits per heavy atom. The molecule has 0 bridgehead atoms. The van der Waals surface area contributed by atoms with E-state index in [-0.39, 0.29) is 11.5 Å². The lowest BCUT2D eigenvalue weighted by Crippen LogP contribution is -2.07. The van der Waals surface area contributed by atoms with E-state index in [1.165, 1.54) is 0 Å². The Balaban J connectivity index is 2.04. The number of rotatable bonds is 4. The van der Waals surface area contributed by atoms with E-state index >= 15 is 0 Å². The van der Waals surface area contributed by atoms with E-state index in [1.54, 1.807) is 24.3 Å². The van der Waals surface area contributed by atoms with Gasteiger partial charge in [0.15, 0.2) is 5.76 Å². The molecule has 0 atom stereocenters. The van der Waals surface area contributed by atoms with E-state index in [9.17, 15) is 9.59 Å². The Morgan fingerprint density at radius 3 is 2.89 bits per heavy atom. The Kier molecular flexibility index (Phi) is 3.77. The third-order valence-electron chi connectivity index (χ3n) is 2.57. The summed E-state index contributed by atoms with van der Waals surface area (Å²) in [6.07, 6.45) is 2.87. The monoisotopic (exact) mass is 246 g/mol. The van der Waals surface area contributed by atoms with Gasteiger partial charge in [0.2, 0.25) is 5.78 Å². The van der Waals surface area contributed by atoms with Crippen molar-refractivity contribution in [3.8, 4) is 5.75 Å². The summed E-state index contributed by atoms with van der Waals surface area (Å²) in [5.74, 6) is -0.314. The van der Waals surface area contributed by atoms with Crippen LogP contribution >= 0.6 is 0 Å². The van der Waals surface area contributed by atoms with Crippen LogP contribution < -0.4 is 4.74 Å². The molecule has 94 valence electrons. The van der Waals surface area contributed by atoms with Crippen molar-refractivity contribution in [2.45, 2.75) is 19.8 Å². The van der Waals surface area contributed by atoms with Gasteiger partial charge in [-0.2, -0.15) is 0 Å². The van der Waals surface area contributed by atoms with E-state index in [1.807, 2.05) is 6.92 Å². The SMILES string of the molecule is CCCCOC(=O)C=C1Oc2ccccc2C1=O. The van der Waals surface area contributed by atoms with Crippen LogP contribution in [0.2, 0.25) is 0 Å². The van der Waals surface area contributed by atoms with Crippen LogP contribution in [0.3, 0.4) is 0 Å². The number of carbonyl (C=O) groups is 2. The van der Waals surface area contributed by atoms with Gasteiger partial charge in [0, 0.05) is 0 Å². The number of unbranched alkanes of at least 4 members (excludes halogenated alkanes) is 1. The Bertz CT molecular complexity index is 502. The van der Waals surface area contributed by atoms with Gasteiger partial charge in [0.05, 0.1) is 18.2 Å². The summed E-state index contributed by atoms with van der Waals surface area (Å²) in [5.41, 5.74) is 0.477. The second-order valence-electron chi connectivity index (χ2n) is 3.96. The molecule has 0 saturated heterocycles. The van der Waals surface area contributed by atoms with Crippen LogP contribution in [-0.2, 0) is 9.53 Å². The average molecular weight is 246 g/mol. The van der Waals surface area contributed by atoms with Crippen molar-refractivity contribution in [3.63, 3.8) is 0 Å². The van der Waals surface area contributed by atoms with Gasteiger partial charge in [-0.3, -0.25) is 4.79 Å². The number of ether oxygens (including phenoxy) is 2. The molecule has 1 aliphatic heterocycles. The number of para-hydroxylation sites is 1. The highest BCUT2D eigenvalue weighted by atomic mass is 16.5. The van der Waals surface area contributed by atoms with Crippen molar-refractivity contribution in [2.24, 2.45) is 0 Å². The van der Waals surface area contributed by atoms with Crippen molar-refractivity contribution in [1.82, 2.24) is 0 Å². The molecule has 0 fully saturated rings. The summed E-state index contributed by atoms with van der Waals surface area (Å²) in [6.45, 7) is 2.37. The molecule has 0 aromatic heterocycles. The predicted octanol–water partition coefficient (Wildman–Crippen LogP) is 2.49. The molecule has 4 heteroatoms. The zero-order valence-corrected chi connectivity index (χ0v) is 10.1. The highest BCUT2D eigenvalue weighted by molar-refractivity contribution is 6.14. The third-order valence-corrected chi connectivity index (χ3v) is 2.57. The number of benzene rings is 1. The van der Waals surface area contributed by atoms with E-state index in [2.05, 4.69) is 0 Å². The quantitative estimate of drug-likeness (QED) is 0.465. The number of ketones is 1. The molecule has 0 radical (unpaired) electrons. The predicted molar refractivity (Wildman–Crippen MR) is 65.4 cm³/mol.